The molecule has 33 heavy (non-hydrogen) atoms. The average molecular weight is 476 g/mol. The van der Waals surface area contributed by atoms with Crippen LogP contribution in [-0.2, 0) is 14.8 Å². The number of hydrogen-bond acceptors (Lipinski definition) is 4. The minimum atomic E-state index is -3.67. The number of amides is 2. The second-order valence-corrected chi connectivity index (χ2v) is 10.1. The molecule has 1 atom stereocenters. The van der Waals surface area contributed by atoms with Gasteiger partial charge in [0.2, 0.25) is 15.9 Å². The number of nitrogens with one attached hydrogen (secondary N) is 1. The molecule has 3 rings (SSSR count). The lowest BCUT2D eigenvalue weighted by Gasteiger charge is -2.32. The van der Waals surface area contributed by atoms with E-state index in [1.807, 2.05) is 0 Å². The van der Waals surface area contributed by atoms with Gasteiger partial charge in [0.15, 0.2) is 0 Å². The molecule has 2 amide bonds. The maximum atomic E-state index is 13.2. The van der Waals surface area contributed by atoms with Gasteiger partial charge in [0.25, 0.3) is 5.91 Å². The Morgan fingerprint density at radius 3 is 2.42 bits per heavy atom. The van der Waals surface area contributed by atoms with Crippen molar-refractivity contribution in [3.05, 3.63) is 59.4 Å². The zero-order valence-corrected chi connectivity index (χ0v) is 20.0. The van der Waals surface area contributed by atoms with Crippen molar-refractivity contribution in [1.82, 2.24) is 9.21 Å². The molecule has 1 aliphatic rings. The van der Waals surface area contributed by atoms with E-state index in [1.165, 1.54) is 34.6 Å². The Morgan fingerprint density at radius 2 is 1.79 bits per heavy atom. The fourth-order valence-electron chi connectivity index (χ4n) is 4.05. The molecule has 0 radical (unpaired) electrons. The van der Waals surface area contributed by atoms with E-state index in [0.717, 1.165) is 0 Å². The number of anilines is 1. The van der Waals surface area contributed by atoms with Gasteiger partial charge in [-0.1, -0.05) is 19.9 Å². The highest BCUT2D eigenvalue weighted by Gasteiger charge is 2.30. The number of rotatable bonds is 7. The van der Waals surface area contributed by atoms with E-state index in [2.05, 4.69) is 5.32 Å². The van der Waals surface area contributed by atoms with E-state index in [1.54, 1.807) is 37.8 Å². The van der Waals surface area contributed by atoms with Crippen LogP contribution in [0.1, 0.15) is 42.6 Å². The van der Waals surface area contributed by atoms with Crippen LogP contribution in [0.3, 0.4) is 0 Å². The first-order chi connectivity index (χ1) is 15.7. The molecule has 7 nitrogen and oxygen atoms in total. The number of sulfonamides is 1. The molecule has 1 saturated heterocycles. The Morgan fingerprint density at radius 1 is 1.12 bits per heavy atom. The van der Waals surface area contributed by atoms with Crippen molar-refractivity contribution in [1.29, 1.82) is 0 Å². The van der Waals surface area contributed by atoms with Gasteiger partial charge < -0.3 is 10.2 Å². The Labute approximate surface area is 194 Å². The SMILES string of the molecule is CCN(CC)S(=O)(=O)c1cc(NC(=O)[C@@H]2CCCN(C(=O)c3ccc(F)cc3)C2)ccc1C. The summed E-state index contributed by atoms with van der Waals surface area (Å²) >= 11 is 0. The maximum Gasteiger partial charge on any atom is 0.253 e. The quantitative estimate of drug-likeness (QED) is 0.662. The third-order valence-electron chi connectivity index (χ3n) is 5.95. The first-order valence-electron chi connectivity index (χ1n) is 11.1. The molecule has 0 aliphatic carbocycles. The first kappa shape index (κ1) is 24.9. The van der Waals surface area contributed by atoms with E-state index < -0.39 is 21.8 Å². The fourth-order valence-corrected chi connectivity index (χ4v) is 5.76. The molecule has 9 heteroatoms. The fraction of sp³-hybridized carbons (Fsp3) is 0.417. The lowest BCUT2D eigenvalue weighted by atomic mass is 9.96. The smallest absolute Gasteiger partial charge is 0.253 e. The van der Waals surface area contributed by atoms with Crippen LogP contribution in [0.15, 0.2) is 47.4 Å². The molecular weight excluding hydrogens is 445 g/mol. The second kappa shape index (κ2) is 10.4. The summed E-state index contributed by atoms with van der Waals surface area (Å²) in [7, 11) is -3.67. The number of carbonyl (C=O) groups excluding carboxylic acids is 2. The summed E-state index contributed by atoms with van der Waals surface area (Å²) in [5, 5.41) is 2.82. The van der Waals surface area contributed by atoms with Crippen LogP contribution in [0.2, 0.25) is 0 Å². The molecule has 0 aromatic heterocycles. The maximum absolute atomic E-state index is 13.2. The summed E-state index contributed by atoms with van der Waals surface area (Å²) in [5.74, 6) is -1.34. The van der Waals surface area contributed by atoms with Crippen molar-refractivity contribution in [3.8, 4) is 0 Å². The summed E-state index contributed by atoms with van der Waals surface area (Å²) in [5.41, 5.74) is 1.38. The molecule has 1 fully saturated rings. The van der Waals surface area contributed by atoms with Crippen LogP contribution < -0.4 is 5.32 Å². The number of carbonyl (C=O) groups is 2. The van der Waals surface area contributed by atoms with Crippen molar-refractivity contribution < 1.29 is 22.4 Å². The Bertz CT molecular complexity index is 1120. The van der Waals surface area contributed by atoms with E-state index in [9.17, 15) is 22.4 Å². The van der Waals surface area contributed by atoms with Gasteiger partial charge in [-0.3, -0.25) is 9.59 Å². The predicted molar refractivity (Wildman–Crippen MR) is 125 cm³/mol. The third-order valence-corrected chi connectivity index (χ3v) is 8.14. The lowest BCUT2D eigenvalue weighted by Crippen LogP contribution is -2.43. The molecule has 2 aromatic carbocycles. The van der Waals surface area contributed by atoms with E-state index in [0.29, 0.717) is 49.3 Å². The molecule has 0 unspecified atom stereocenters. The Balaban J connectivity index is 1.73. The molecular formula is C24H30FN3O4S. The number of aryl methyl sites for hydroxylation is 1. The third kappa shape index (κ3) is 5.59. The zero-order chi connectivity index (χ0) is 24.2. The Hall–Kier alpha value is -2.78. The highest BCUT2D eigenvalue weighted by Crippen LogP contribution is 2.25. The second-order valence-electron chi connectivity index (χ2n) is 8.16. The first-order valence-corrected chi connectivity index (χ1v) is 12.6. The number of benzene rings is 2. The molecule has 1 N–H and O–H groups in total. The van der Waals surface area contributed by atoms with Gasteiger partial charge in [0.05, 0.1) is 10.8 Å². The van der Waals surface area contributed by atoms with Gasteiger partial charge in [-0.05, 0) is 61.7 Å². The molecule has 178 valence electrons. The van der Waals surface area contributed by atoms with Gasteiger partial charge in [-0.15, -0.1) is 0 Å². The summed E-state index contributed by atoms with van der Waals surface area (Å²) in [6.45, 7) is 6.77. The number of piperidine rings is 1. The topological polar surface area (TPSA) is 86.8 Å². The van der Waals surface area contributed by atoms with Gasteiger partial charge in [0.1, 0.15) is 5.82 Å². The van der Waals surface area contributed by atoms with Crippen molar-refractivity contribution >= 4 is 27.5 Å². The number of likely N-dealkylation sites (tertiary alicyclic amines) is 1. The van der Waals surface area contributed by atoms with Crippen LogP contribution in [-0.4, -0.2) is 55.6 Å². The largest absolute Gasteiger partial charge is 0.338 e. The summed E-state index contributed by atoms with van der Waals surface area (Å²) in [6.07, 6.45) is 1.29. The van der Waals surface area contributed by atoms with E-state index in [-0.39, 0.29) is 23.3 Å². The normalized spacial score (nSPS) is 16.6. The van der Waals surface area contributed by atoms with Crippen molar-refractivity contribution in [2.75, 3.05) is 31.5 Å². The molecule has 2 aromatic rings. The standard InChI is InChI=1S/C24H30FN3O4S/c1-4-28(5-2)33(31,32)22-15-21(13-8-17(22)3)26-23(29)19-7-6-14-27(16-19)24(30)18-9-11-20(25)12-10-18/h8-13,15,19H,4-7,14,16H2,1-3H3,(H,26,29)/t19-/m1/s1. The predicted octanol–water partition coefficient (Wildman–Crippen LogP) is 3.66. The van der Waals surface area contributed by atoms with Crippen LogP contribution in [0.5, 0.6) is 0 Å². The number of hydrogen-bond donors (Lipinski definition) is 1. The van der Waals surface area contributed by atoms with Crippen LogP contribution in [0.4, 0.5) is 10.1 Å². The van der Waals surface area contributed by atoms with Crippen LogP contribution >= 0.6 is 0 Å². The van der Waals surface area contributed by atoms with Crippen LogP contribution in [0, 0.1) is 18.7 Å². The van der Waals surface area contributed by atoms with Crippen molar-refractivity contribution in [3.63, 3.8) is 0 Å². The summed E-state index contributed by atoms with van der Waals surface area (Å²) in [6, 6.07) is 10.2. The molecule has 1 heterocycles. The Kier molecular flexibility index (Phi) is 7.86. The highest BCUT2D eigenvalue weighted by atomic mass is 32.2. The molecule has 0 saturated carbocycles. The zero-order valence-electron chi connectivity index (χ0n) is 19.2. The van der Waals surface area contributed by atoms with Crippen molar-refractivity contribution in [2.24, 2.45) is 5.92 Å². The number of nitrogens with zero attached hydrogens (tertiary/aromatic N) is 2. The van der Waals surface area contributed by atoms with Crippen LogP contribution in [0.25, 0.3) is 0 Å². The summed E-state index contributed by atoms with van der Waals surface area (Å²) < 4.78 is 40.5. The van der Waals surface area contributed by atoms with Gasteiger partial charge in [-0.25, -0.2) is 12.8 Å². The van der Waals surface area contributed by atoms with Crippen molar-refractivity contribution in [2.45, 2.75) is 38.5 Å². The monoisotopic (exact) mass is 475 g/mol. The minimum Gasteiger partial charge on any atom is -0.338 e. The molecule has 1 aliphatic heterocycles. The molecule has 0 bridgehead atoms. The number of halogens is 1. The average Bonchev–Trinajstić information content (AvgIpc) is 2.81. The van der Waals surface area contributed by atoms with E-state index in [4.69, 9.17) is 0 Å². The minimum absolute atomic E-state index is 0.167. The van der Waals surface area contributed by atoms with Gasteiger partial charge in [0, 0.05) is 37.4 Å². The van der Waals surface area contributed by atoms with Gasteiger partial charge >= 0.3 is 0 Å². The summed E-state index contributed by atoms with van der Waals surface area (Å²) in [4.78, 5) is 27.5. The van der Waals surface area contributed by atoms with E-state index >= 15 is 0 Å². The molecule has 0 spiro atoms. The lowest BCUT2D eigenvalue weighted by molar-refractivity contribution is -0.121. The van der Waals surface area contributed by atoms with Gasteiger partial charge in [-0.2, -0.15) is 4.31 Å². The highest BCUT2D eigenvalue weighted by molar-refractivity contribution is 7.89.